The first-order valence-corrected chi connectivity index (χ1v) is 3.75. The molecule has 2 N–H and O–H groups in total. The van der Waals surface area contributed by atoms with E-state index in [0.29, 0.717) is 6.54 Å². The lowest BCUT2D eigenvalue weighted by molar-refractivity contribution is 0.0697. The average Bonchev–Trinajstić information content (AvgIpc) is 2.15. The zero-order valence-electron chi connectivity index (χ0n) is 7.03. The van der Waals surface area contributed by atoms with E-state index in [1.54, 1.807) is 24.3 Å². The Hall–Kier alpha value is -1.84. The first-order valence-electron chi connectivity index (χ1n) is 3.75. The fraction of sp³-hybridized carbons (Fsp3) is 0.111. The van der Waals surface area contributed by atoms with Crippen molar-refractivity contribution in [2.45, 2.75) is 6.54 Å². The second-order valence-corrected chi connectivity index (χ2v) is 2.50. The Kier molecular flexibility index (Phi) is 3.03. The van der Waals surface area contributed by atoms with Crippen LogP contribution in [0, 0.1) is 0 Å². The summed E-state index contributed by atoms with van der Waals surface area (Å²) >= 11 is 0. The monoisotopic (exact) mass is 178 g/mol. The molecule has 0 aliphatic carbocycles. The highest BCUT2D eigenvalue weighted by molar-refractivity contribution is 5.87. The molecule has 0 atom stereocenters. The van der Waals surface area contributed by atoms with Gasteiger partial charge in [0.1, 0.15) is 0 Å². The van der Waals surface area contributed by atoms with Crippen molar-refractivity contribution in [3.05, 3.63) is 35.4 Å². The Morgan fingerprint density at radius 2 is 2.08 bits per heavy atom. The van der Waals surface area contributed by atoms with Crippen LogP contribution in [0.3, 0.4) is 0 Å². The minimum absolute atomic E-state index is 0.287. The molecule has 0 unspecified atom stereocenters. The summed E-state index contributed by atoms with van der Waals surface area (Å²) in [4.78, 5) is 10.5. The molecule has 0 bridgehead atoms. The van der Waals surface area contributed by atoms with E-state index in [1.165, 1.54) is 0 Å². The maximum atomic E-state index is 10.5. The van der Waals surface area contributed by atoms with Crippen LogP contribution in [0.1, 0.15) is 15.9 Å². The Morgan fingerprint density at radius 1 is 1.46 bits per heavy atom. The van der Waals surface area contributed by atoms with Crippen LogP contribution < -0.4 is 5.43 Å². The molecule has 0 fully saturated rings. The number of carbonyl (C=O) groups is 1. The number of benzene rings is 1. The van der Waals surface area contributed by atoms with Gasteiger partial charge in [-0.25, -0.2) is 4.79 Å². The topological polar surface area (TPSA) is 61.7 Å². The fourth-order valence-electron chi connectivity index (χ4n) is 0.912. The molecule has 0 aliphatic rings. The van der Waals surface area contributed by atoms with Crippen LogP contribution in [0.5, 0.6) is 0 Å². The van der Waals surface area contributed by atoms with Gasteiger partial charge in [-0.1, -0.05) is 12.1 Å². The van der Waals surface area contributed by atoms with Crippen LogP contribution in [0.15, 0.2) is 29.4 Å². The summed E-state index contributed by atoms with van der Waals surface area (Å²) in [6.07, 6.45) is 0. The minimum Gasteiger partial charge on any atom is -0.478 e. The van der Waals surface area contributed by atoms with E-state index in [1.807, 2.05) is 0 Å². The van der Waals surface area contributed by atoms with E-state index >= 15 is 0 Å². The fourth-order valence-corrected chi connectivity index (χ4v) is 0.912. The molecular formula is C9H10N2O2. The van der Waals surface area contributed by atoms with E-state index in [9.17, 15) is 4.79 Å². The number of carboxylic acid groups (broad SMARTS) is 1. The highest BCUT2D eigenvalue weighted by Crippen LogP contribution is 2.03. The molecule has 0 aliphatic heterocycles. The molecule has 0 heterocycles. The van der Waals surface area contributed by atoms with Gasteiger partial charge in [0, 0.05) is 6.72 Å². The molecule has 0 spiro atoms. The predicted octanol–water partition coefficient (Wildman–Crippen LogP) is 1.09. The number of rotatable bonds is 4. The second kappa shape index (κ2) is 4.25. The molecule has 0 saturated carbocycles. The second-order valence-electron chi connectivity index (χ2n) is 2.50. The lowest BCUT2D eigenvalue weighted by Crippen LogP contribution is -2.04. The number of hydrogen-bond donors (Lipinski definition) is 2. The zero-order chi connectivity index (χ0) is 9.68. The van der Waals surface area contributed by atoms with Gasteiger partial charge in [0.05, 0.1) is 12.1 Å². The maximum absolute atomic E-state index is 10.5. The van der Waals surface area contributed by atoms with Crippen molar-refractivity contribution in [3.8, 4) is 0 Å². The van der Waals surface area contributed by atoms with Crippen molar-refractivity contribution in [1.29, 1.82) is 0 Å². The normalized spacial score (nSPS) is 9.23. The molecular weight excluding hydrogens is 168 g/mol. The third-order valence-corrected chi connectivity index (χ3v) is 1.60. The molecule has 1 aromatic carbocycles. The molecule has 68 valence electrons. The van der Waals surface area contributed by atoms with Crippen LogP contribution in [0.2, 0.25) is 0 Å². The van der Waals surface area contributed by atoms with Crippen LogP contribution in [-0.2, 0) is 6.54 Å². The number of aromatic carboxylic acids is 1. The van der Waals surface area contributed by atoms with Gasteiger partial charge in [-0.15, -0.1) is 0 Å². The molecule has 4 heteroatoms. The highest BCUT2D eigenvalue weighted by atomic mass is 16.4. The van der Waals surface area contributed by atoms with E-state index in [4.69, 9.17) is 5.11 Å². The van der Waals surface area contributed by atoms with E-state index in [0.717, 1.165) is 5.56 Å². The lowest BCUT2D eigenvalue weighted by Gasteiger charge is -2.00. The summed E-state index contributed by atoms with van der Waals surface area (Å²) in [7, 11) is 0. The third kappa shape index (κ3) is 2.59. The number of hydrogen-bond acceptors (Lipinski definition) is 3. The van der Waals surface area contributed by atoms with Gasteiger partial charge in [-0.2, -0.15) is 5.10 Å². The van der Waals surface area contributed by atoms with E-state index in [2.05, 4.69) is 17.2 Å². The molecule has 13 heavy (non-hydrogen) atoms. The quantitative estimate of drug-likeness (QED) is 0.536. The summed E-state index contributed by atoms with van der Waals surface area (Å²) in [5.74, 6) is -0.915. The predicted molar refractivity (Wildman–Crippen MR) is 49.8 cm³/mol. The van der Waals surface area contributed by atoms with Gasteiger partial charge in [0.2, 0.25) is 0 Å². The molecule has 0 amide bonds. The first kappa shape index (κ1) is 9.25. The first-order chi connectivity index (χ1) is 6.24. The summed E-state index contributed by atoms with van der Waals surface area (Å²) in [6.45, 7) is 3.83. The summed E-state index contributed by atoms with van der Waals surface area (Å²) in [6, 6.07) is 6.59. The Bertz CT molecular complexity index is 306. The number of nitrogens with zero attached hydrogens (tertiary/aromatic N) is 1. The standard InChI is InChI=1S/C9H10N2O2/c1-10-11-6-7-2-4-8(5-3-7)9(12)13/h2-5,11H,1,6H2,(H,12,13). The van der Waals surface area contributed by atoms with E-state index < -0.39 is 5.97 Å². The van der Waals surface area contributed by atoms with E-state index in [-0.39, 0.29) is 5.56 Å². The van der Waals surface area contributed by atoms with Crippen molar-refractivity contribution in [2.75, 3.05) is 0 Å². The number of nitrogens with one attached hydrogen (secondary N) is 1. The van der Waals surface area contributed by atoms with Crippen molar-refractivity contribution in [2.24, 2.45) is 5.10 Å². The molecule has 0 radical (unpaired) electrons. The number of carboxylic acids is 1. The van der Waals surface area contributed by atoms with Crippen LogP contribution >= 0.6 is 0 Å². The Morgan fingerprint density at radius 3 is 2.54 bits per heavy atom. The van der Waals surface area contributed by atoms with Crippen molar-refractivity contribution >= 4 is 12.7 Å². The smallest absolute Gasteiger partial charge is 0.335 e. The molecule has 0 aromatic heterocycles. The minimum atomic E-state index is -0.915. The average molecular weight is 178 g/mol. The lowest BCUT2D eigenvalue weighted by atomic mass is 10.1. The molecule has 4 nitrogen and oxygen atoms in total. The van der Waals surface area contributed by atoms with Crippen LogP contribution in [-0.4, -0.2) is 17.8 Å². The van der Waals surface area contributed by atoms with Crippen LogP contribution in [0.4, 0.5) is 0 Å². The van der Waals surface area contributed by atoms with Gasteiger partial charge in [0.15, 0.2) is 0 Å². The molecule has 0 saturated heterocycles. The zero-order valence-corrected chi connectivity index (χ0v) is 7.03. The molecule has 1 aromatic rings. The van der Waals surface area contributed by atoms with Crippen molar-refractivity contribution < 1.29 is 9.90 Å². The van der Waals surface area contributed by atoms with Gasteiger partial charge in [-0.3, -0.25) is 0 Å². The third-order valence-electron chi connectivity index (χ3n) is 1.60. The largest absolute Gasteiger partial charge is 0.478 e. The van der Waals surface area contributed by atoms with Gasteiger partial charge < -0.3 is 10.5 Å². The Labute approximate surface area is 75.9 Å². The molecule has 1 rings (SSSR count). The van der Waals surface area contributed by atoms with Gasteiger partial charge >= 0.3 is 5.97 Å². The SMILES string of the molecule is C=NNCc1ccc(C(=O)O)cc1. The summed E-state index contributed by atoms with van der Waals surface area (Å²) < 4.78 is 0. The Balaban J connectivity index is 2.69. The summed E-state index contributed by atoms with van der Waals surface area (Å²) in [5, 5.41) is 12.1. The highest BCUT2D eigenvalue weighted by Gasteiger charge is 2.00. The van der Waals surface area contributed by atoms with Crippen molar-refractivity contribution in [3.63, 3.8) is 0 Å². The number of hydrazone groups is 1. The van der Waals surface area contributed by atoms with Crippen molar-refractivity contribution in [1.82, 2.24) is 5.43 Å². The van der Waals surface area contributed by atoms with Crippen LogP contribution in [0.25, 0.3) is 0 Å². The summed E-state index contributed by atoms with van der Waals surface area (Å²) in [5.41, 5.74) is 3.94. The van der Waals surface area contributed by atoms with Gasteiger partial charge in [-0.05, 0) is 17.7 Å². The maximum Gasteiger partial charge on any atom is 0.335 e. The van der Waals surface area contributed by atoms with Gasteiger partial charge in [0.25, 0.3) is 0 Å².